The highest BCUT2D eigenvalue weighted by molar-refractivity contribution is 7.66. The Hall–Kier alpha value is -1.68. The summed E-state index contributed by atoms with van der Waals surface area (Å²) >= 11 is 0. The Labute approximate surface area is 192 Å². The van der Waals surface area contributed by atoms with Crippen molar-refractivity contribution in [3.63, 3.8) is 0 Å². The number of hydrogen-bond donors (Lipinski definition) is 0. The van der Waals surface area contributed by atoms with E-state index >= 15 is 0 Å². The summed E-state index contributed by atoms with van der Waals surface area (Å²) < 4.78 is 6.52. The average molecular weight is 451 g/mol. The Morgan fingerprint density at radius 2 is 1.45 bits per heavy atom. The molecule has 3 heteroatoms. The van der Waals surface area contributed by atoms with E-state index in [1.807, 2.05) is 0 Å². The van der Waals surface area contributed by atoms with Crippen molar-refractivity contribution in [2.75, 3.05) is 13.3 Å². The molecule has 3 aromatic carbocycles. The van der Waals surface area contributed by atoms with Crippen LogP contribution in [0, 0.1) is 13.8 Å². The predicted molar refractivity (Wildman–Crippen MR) is 142 cm³/mol. The van der Waals surface area contributed by atoms with Crippen molar-refractivity contribution in [3.8, 4) is 5.75 Å². The third-order valence-electron chi connectivity index (χ3n) is 6.26. The van der Waals surface area contributed by atoms with Crippen LogP contribution in [0.15, 0.2) is 66.7 Å². The molecule has 0 amide bonds. The highest BCUT2D eigenvalue weighted by Gasteiger charge is 2.34. The summed E-state index contributed by atoms with van der Waals surface area (Å²) in [6.07, 6.45) is 2.21. The molecule has 0 N–H and O–H groups in total. The number of hydrogen-bond acceptors (Lipinski definition) is 1. The van der Waals surface area contributed by atoms with E-state index in [9.17, 15) is 0 Å². The van der Waals surface area contributed by atoms with Crippen LogP contribution in [-0.4, -0.2) is 13.3 Å². The molecule has 0 saturated carbocycles. The van der Waals surface area contributed by atoms with Crippen LogP contribution in [0.4, 0.5) is 0 Å². The molecule has 0 spiro atoms. The molecule has 0 aromatic heterocycles. The fourth-order valence-corrected chi connectivity index (χ4v) is 7.75. The van der Waals surface area contributed by atoms with Gasteiger partial charge in [-0.2, -0.15) is 0 Å². The maximum atomic E-state index is 6.52. The molecule has 164 valence electrons. The molecular weight excluding hydrogens is 414 g/mol. The van der Waals surface area contributed by atoms with Crippen molar-refractivity contribution in [3.05, 3.63) is 89.0 Å². The minimum Gasteiger partial charge on any atom is -0.488 e. The normalized spacial score (nSPS) is 12.1. The van der Waals surface area contributed by atoms with Crippen LogP contribution >= 0.6 is 16.5 Å². The van der Waals surface area contributed by atoms with Gasteiger partial charge < -0.3 is 4.74 Å². The van der Waals surface area contributed by atoms with E-state index in [4.69, 9.17) is 4.74 Å². The summed E-state index contributed by atoms with van der Waals surface area (Å²) in [6, 6.07) is 24.0. The van der Waals surface area contributed by atoms with Crippen LogP contribution in [0.5, 0.6) is 5.75 Å². The van der Waals surface area contributed by atoms with E-state index in [1.54, 1.807) is 10.6 Å². The van der Waals surface area contributed by atoms with E-state index in [1.165, 1.54) is 22.3 Å². The molecule has 31 heavy (non-hydrogen) atoms. The van der Waals surface area contributed by atoms with Gasteiger partial charge in [-0.05, 0) is 67.3 Å². The van der Waals surface area contributed by atoms with E-state index in [0.29, 0.717) is 6.61 Å². The smallest absolute Gasteiger partial charge is 0.126 e. The molecule has 0 fully saturated rings. The van der Waals surface area contributed by atoms with Crippen LogP contribution in [0.3, 0.4) is 0 Å². The highest BCUT2D eigenvalue weighted by Crippen LogP contribution is 2.51. The van der Waals surface area contributed by atoms with Gasteiger partial charge in [0.1, 0.15) is 12.4 Å². The molecule has 0 radical (unpaired) electrons. The molecule has 0 aliphatic heterocycles. The summed E-state index contributed by atoms with van der Waals surface area (Å²) in [5.41, 5.74) is 5.24. The Balaban J connectivity index is 2.05. The minimum absolute atomic E-state index is 0.0875. The topological polar surface area (TPSA) is 9.23 Å². The first-order chi connectivity index (χ1) is 14.9. The van der Waals surface area contributed by atoms with Crippen molar-refractivity contribution in [2.24, 2.45) is 0 Å². The lowest BCUT2D eigenvalue weighted by Crippen LogP contribution is -2.29. The molecule has 3 aromatic rings. The number of para-hydroxylation sites is 1. The molecule has 1 unspecified atom stereocenters. The first-order valence-corrected chi connectivity index (χ1v) is 14.5. The Bertz CT molecular complexity index is 991. The monoisotopic (exact) mass is 450 g/mol. The second-order valence-electron chi connectivity index (χ2n) is 8.50. The lowest BCUT2D eigenvalue weighted by atomic mass is 9.90. The molecule has 0 saturated heterocycles. The molecule has 1 atom stereocenters. The average Bonchev–Trinajstić information content (AvgIpc) is 2.78. The van der Waals surface area contributed by atoms with E-state index < -0.39 is 0 Å². The van der Waals surface area contributed by atoms with Gasteiger partial charge in [-0.1, -0.05) is 97.1 Å². The van der Waals surface area contributed by atoms with Crippen molar-refractivity contribution in [1.29, 1.82) is 0 Å². The first kappa shape index (κ1) is 24.0. The Morgan fingerprint density at radius 3 is 2.10 bits per heavy atom. The number of benzene rings is 3. The summed E-state index contributed by atoms with van der Waals surface area (Å²) in [7, 11) is 0.594. The van der Waals surface area contributed by atoms with Crippen molar-refractivity contribution in [1.82, 2.24) is 0 Å². The lowest BCUT2D eigenvalue weighted by molar-refractivity contribution is 0.296. The summed E-state index contributed by atoms with van der Waals surface area (Å²) in [4.78, 5) is 0. The van der Waals surface area contributed by atoms with Gasteiger partial charge in [-0.25, -0.2) is 0 Å². The van der Waals surface area contributed by atoms with Crippen molar-refractivity contribution >= 4 is 27.1 Å². The fraction of sp³-hybridized carbons (Fsp3) is 0.357. The lowest BCUT2D eigenvalue weighted by Gasteiger charge is -2.36. The molecule has 3 rings (SSSR count). The highest BCUT2D eigenvalue weighted by atomic mass is 31.1. The summed E-state index contributed by atoms with van der Waals surface area (Å²) in [6.45, 7) is 14.5. The zero-order chi connectivity index (χ0) is 22.4. The van der Waals surface area contributed by atoms with Crippen LogP contribution in [0.25, 0.3) is 0 Å². The Morgan fingerprint density at radius 1 is 0.806 bits per heavy atom. The number of rotatable bonds is 9. The molecule has 1 nitrogen and oxygen atoms in total. The zero-order valence-corrected chi connectivity index (χ0v) is 21.7. The van der Waals surface area contributed by atoms with E-state index in [2.05, 4.69) is 108 Å². The first-order valence-electron chi connectivity index (χ1n) is 11.2. The van der Waals surface area contributed by atoms with E-state index in [0.717, 1.165) is 27.2 Å². The van der Waals surface area contributed by atoms with Gasteiger partial charge in [-0.15, -0.1) is 0 Å². The van der Waals surface area contributed by atoms with Crippen LogP contribution in [0.1, 0.15) is 48.9 Å². The fourth-order valence-electron chi connectivity index (χ4n) is 4.25. The van der Waals surface area contributed by atoms with Crippen LogP contribution < -0.4 is 15.3 Å². The maximum Gasteiger partial charge on any atom is 0.126 e. The summed E-state index contributed by atoms with van der Waals surface area (Å²) in [5.74, 6) is 1.08. The van der Waals surface area contributed by atoms with Gasteiger partial charge >= 0.3 is 0 Å². The number of aryl methyl sites for hydroxylation is 2. The van der Waals surface area contributed by atoms with Gasteiger partial charge in [-0.3, -0.25) is 0 Å². The molecular formula is C28H36OP2. The molecule has 0 bridgehead atoms. The quantitative estimate of drug-likeness (QED) is 0.312. The predicted octanol–water partition coefficient (Wildman–Crippen LogP) is 7.27. The van der Waals surface area contributed by atoms with Gasteiger partial charge in [0.05, 0.1) is 0 Å². The third kappa shape index (κ3) is 5.39. The molecule has 0 aliphatic carbocycles. The van der Waals surface area contributed by atoms with E-state index in [-0.39, 0.29) is 13.1 Å². The van der Waals surface area contributed by atoms with Crippen LogP contribution in [-0.2, 0) is 11.8 Å². The largest absolute Gasteiger partial charge is 0.488 e. The minimum atomic E-state index is -0.140. The van der Waals surface area contributed by atoms with Gasteiger partial charge in [0.2, 0.25) is 0 Å². The third-order valence-corrected chi connectivity index (χ3v) is 10.2. The van der Waals surface area contributed by atoms with Gasteiger partial charge in [0.25, 0.3) is 0 Å². The van der Waals surface area contributed by atoms with Gasteiger partial charge in [0.15, 0.2) is 0 Å². The second-order valence-corrected chi connectivity index (χ2v) is 12.5. The SMILES string of the molecule is CCC(CC)(Pc1c(C)cccc1P(C)C)c1cccc(C)c1OCc1ccccc1. The second kappa shape index (κ2) is 10.8. The molecule has 0 aliphatic rings. The maximum absolute atomic E-state index is 6.52. The molecule has 0 heterocycles. The van der Waals surface area contributed by atoms with Gasteiger partial charge in [0, 0.05) is 10.7 Å². The van der Waals surface area contributed by atoms with Crippen molar-refractivity contribution < 1.29 is 4.74 Å². The van der Waals surface area contributed by atoms with Crippen molar-refractivity contribution in [2.45, 2.75) is 52.3 Å². The Kier molecular flexibility index (Phi) is 8.32. The number of ether oxygens (including phenoxy) is 1. The van der Waals surface area contributed by atoms with Crippen LogP contribution in [0.2, 0.25) is 0 Å². The zero-order valence-electron chi connectivity index (χ0n) is 19.8. The summed E-state index contributed by atoms with van der Waals surface area (Å²) in [5, 5.41) is 3.21. The standard InChI is InChI=1S/C28H36OP2/c1-7-28(8-2,30-27-22(4)15-13-19-25(27)31(5)6)24-18-12-14-21(3)26(24)29-20-23-16-10-9-11-17-23/h9-19,30H,7-8,20H2,1-6H3.